The number of sulfone groups is 1. The summed E-state index contributed by atoms with van der Waals surface area (Å²) in [4.78, 5) is 0.358. The van der Waals surface area contributed by atoms with Crippen LogP contribution >= 0.6 is 0 Å². The van der Waals surface area contributed by atoms with Gasteiger partial charge in [-0.1, -0.05) is 39.0 Å². The molecule has 0 amide bonds. The smallest absolute Gasteiger partial charge is 0.192 e. The summed E-state index contributed by atoms with van der Waals surface area (Å²) in [5, 5.41) is 9.92. The second-order valence-electron chi connectivity index (χ2n) is 7.92. The van der Waals surface area contributed by atoms with E-state index >= 15 is 0 Å². The highest BCUT2D eigenvalue weighted by Crippen LogP contribution is 2.46. The first kappa shape index (κ1) is 21.0. The average molecular weight is 413 g/mol. The molecule has 3 rings (SSSR count). The van der Waals surface area contributed by atoms with Crippen LogP contribution in [0.25, 0.3) is 0 Å². The first-order chi connectivity index (χ1) is 12.8. The summed E-state index contributed by atoms with van der Waals surface area (Å²) in [6.45, 7) is 6.56. The van der Waals surface area contributed by atoms with Crippen LogP contribution in [-0.2, 0) is 19.0 Å². The molecule has 1 aliphatic heterocycles. The number of aliphatic hydroxyl groups is 1. The van der Waals surface area contributed by atoms with Crippen molar-refractivity contribution in [2.45, 2.75) is 75.1 Å². The lowest BCUT2D eigenvalue weighted by Crippen LogP contribution is -2.43. The van der Waals surface area contributed by atoms with Gasteiger partial charge in [0.1, 0.15) is 0 Å². The number of hydrogen-bond donors (Lipinski definition) is 1. The van der Waals surface area contributed by atoms with Crippen molar-refractivity contribution in [3.63, 3.8) is 0 Å². The third-order valence-electron chi connectivity index (χ3n) is 6.62. The van der Waals surface area contributed by atoms with Gasteiger partial charge in [0, 0.05) is 12.3 Å². The molecule has 1 unspecified atom stereocenters. The van der Waals surface area contributed by atoms with Gasteiger partial charge in [-0.05, 0) is 42.6 Å². The zero-order valence-corrected chi connectivity index (χ0v) is 18.3. The van der Waals surface area contributed by atoms with Crippen LogP contribution in [0, 0.1) is 11.8 Å². The van der Waals surface area contributed by atoms with Crippen LogP contribution < -0.4 is 0 Å². The molecule has 1 saturated carbocycles. The van der Waals surface area contributed by atoms with Crippen LogP contribution in [0.1, 0.15) is 33.6 Å². The molecule has 1 heterocycles. The highest BCUT2D eigenvalue weighted by Gasteiger charge is 2.52. The standard InChI is InChI=1S/C20H32O5SSi/c1-4-27(5-2,6-3)25-19-13-18-16(12-20(21)24-18)17(19)14-26(22,23)15-10-8-7-9-11-15/h7-11,16-21H,4-6,12-14H2,1-3H3/t16-,17-,18+,19-,20?/m1/s1. The van der Waals surface area contributed by atoms with Gasteiger partial charge in [0.15, 0.2) is 24.4 Å². The Morgan fingerprint density at radius 2 is 1.74 bits per heavy atom. The van der Waals surface area contributed by atoms with Gasteiger partial charge >= 0.3 is 0 Å². The number of ether oxygens (including phenoxy) is 1. The highest BCUT2D eigenvalue weighted by atomic mass is 32.2. The maximum atomic E-state index is 13.0. The van der Waals surface area contributed by atoms with Gasteiger partial charge in [0.2, 0.25) is 0 Å². The number of hydrogen-bond acceptors (Lipinski definition) is 5. The van der Waals surface area contributed by atoms with E-state index in [0.29, 0.717) is 17.7 Å². The molecule has 1 aromatic rings. The summed E-state index contributed by atoms with van der Waals surface area (Å²) in [6, 6.07) is 11.7. The van der Waals surface area contributed by atoms with Gasteiger partial charge in [-0.25, -0.2) is 8.42 Å². The molecule has 27 heavy (non-hydrogen) atoms. The van der Waals surface area contributed by atoms with Gasteiger partial charge in [0.25, 0.3) is 0 Å². The van der Waals surface area contributed by atoms with Gasteiger partial charge in [0.05, 0.1) is 22.9 Å². The van der Waals surface area contributed by atoms with Crippen molar-refractivity contribution in [2.75, 3.05) is 5.75 Å². The van der Waals surface area contributed by atoms with Crippen LogP contribution in [0.3, 0.4) is 0 Å². The normalized spacial score (nSPS) is 31.2. The van der Waals surface area contributed by atoms with Gasteiger partial charge in [-0.2, -0.15) is 0 Å². The first-order valence-electron chi connectivity index (χ1n) is 10.1. The second kappa shape index (κ2) is 8.33. The van der Waals surface area contributed by atoms with Crippen LogP contribution in [0.2, 0.25) is 18.1 Å². The van der Waals surface area contributed by atoms with Crippen molar-refractivity contribution in [1.29, 1.82) is 0 Å². The minimum atomic E-state index is -3.41. The zero-order valence-electron chi connectivity index (χ0n) is 16.5. The number of rotatable bonds is 8. The van der Waals surface area contributed by atoms with E-state index in [2.05, 4.69) is 20.8 Å². The van der Waals surface area contributed by atoms with Crippen LogP contribution in [-0.4, -0.2) is 46.1 Å². The van der Waals surface area contributed by atoms with Crippen molar-refractivity contribution in [2.24, 2.45) is 11.8 Å². The summed E-state index contributed by atoms with van der Waals surface area (Å²) >= 11 is 0. The molecule has 5 atom stereocenters. The SMILES string of the molecule is CC[Si](CC)(CC)O[C@@H]1C[C@@H]2OC(O)C[C@@H]2[C@H]1CS(=O)(=O)c1ccccc1. The fourth-order valence-corrected chi connectivity index (χ4v) is 9.41. The highest BCUT2D eigenvalue weighted by molar-refractivity contribution is 7.91. The molecule has 1 aliphatic carbocycles. The van der Waals surface area contributed by atoms with E-state index in [1.807, 2.05) is 6.07 Å². The average Bonchev–Trinajstić information content (AvgIpc) is 3.17. The van der Waals surface area contributed by atoms with Gasteiger partial charge in [-0.15, -0.1) is 0 Å². The van der Waals surface area contributed by atoms with Crippen molar-refractivity contribution >= 4 is 18.2 Å². The molecule has 152 valence electrons. The Morgan fingerprint density at radius 1 is 1.11 bits per heavy atom. The molecular formula is C20H32O5SSi. The Morgan fingerprint density at radius 3 is 2.33 bits per heavy atom. The van der Waals surface area contributed by atoms with Crippen molar-refractivity contribution < 1.29 is 22.7 Å². The molecule has 7 heteroatoms. The fourth-order valence-electron chi connectivity index (χ4n) is 4.77. The Bertz CT molecular complexity index is 711. The van der Waals surface area contributed by atoms with Crippen LogP contribution in [0.15, 0.2) is 35.2 Å². The van der Waals surface area contributed by atoms with E-state index in [1.54, 1.807) is 24.3 Å². The summed E-state index contributed by atoms with van der Waals surface area (Å²) < 4.78 is 38.5. The van der Waals surface area contributed by atoms with Crippen molar-refractivity contribution in [3.05, 3.63) is 30.3 Å². The number of aliphatic hydroxyl groups excluding tert-OH is 1. The number of fused-ring (bicyclic) bond motifs is 1. The second-order valence-corrected chi connectivity index (χ2v) is 14.7. The van der Waals surface area contributed by atoms with Crippen molar-refractivity contribution in [3.8, 4) is 0 Å². The van der Waals surface area contributed by atoms with E-state index in [-0.39, 0.29) is 29.8 Å². The number of benzene rings is 1. The topological polar surface area (TPSA) is 72.8 Å². The minimum Gasteiger partial charge on any atom is -0.414 e. The molecule has 1 N–H and O–H groups in total. The third-order valence-corrected chi connectivity index (χ3v) is 13.1. The van der Waals surface area contributed by atoms with Gasteiger partial charge in [-0.3, -0.25) is 0 Å². The molecule has 2 fully saturated rings. The van der Waals surface area contributed by atoms with Gasteiger partial charge < -0.3 is 14.3 Å². The Balaban J connectivity index is 1.85. The maximum absolute atomic E-state index is 13.0. The molecule has 0 aromatic heterocycles. The summed E-state index contributed by atoms with van der Waals surface area (Å²) in [6.07, 6.45) is 0.202. The van der Waals surface area contributed by atoms with E-state index < -0.39 is 24.4 Å². The molecular weight excluding hydrogens is 380 g/mol. The largest absolute Gasteiger partial charge is 0.414 e. The molecule has 1 aromatic carbocycles. The maximum Gasteiger partial charge on any atom is 0.192 e. The minimum absolute atomic E-state index is 0.0424. The predicted octanol–water partition coefficient (Wildman–Crippen LogP) is 3.59. The molecule has 5 nitrogen and oxygen atoms in total. The Hall–Kier alpha value is -0.733. The molecule has 0 radical (unpaired) electrons. The summed E-state index contributed by atoms with van der Waals surface area (Å²) in [5.74, 6) is -0.0322. The molecule has 2 aliphatic rings. The van der Waals surface area contributed by atoms with Crippen molar-refractivity contribution in [1.82, 2.24) is 0 Å². The first-order valence-corrected chi connectivity index (χ1v) is 14.3. The lowest BCUT2D eigenvalue weighted by Gasteiger charge is -2.35. The molecule has 0 bridgehead atoms. The summed E-state index contributed by atoms with van der Waals surface area (Å²) in [5.41, 5.74) is 0. The molecule has 1 saturated heterocycles. The van der Waals surface area contributed by atoms with E-state index in [4.69, 9.17) is 9.16 Å². The van der Waals surface area contributed by atoms with E-state index in [1.165, 1.54) is 0 Å². The third kappa shape index (κ3) is 4.32. The monoisotopic (exact) mass is 412 g/mol. The fraction of sp³-hybridized carbons (Fsp3) is 0.700. The zero-order chi connectivity index (χ0) is 19.7. The van der Waals surface area contributed by atoms with E-state index in [0.717, 1.165) is 18.1 Å². The van der Waals surface area contributed by atoms with Crippen LogP contribution in [0.4, 0.5) is 0 Å². The Kier molecular flexibility index (Phi) is 6.47. The lowest BCUT2D eigenvalue weighted by atomic mass is 9.94. The summed E-state index contributed by atoms with van der Waals surface area (Å²) in [7, 11) is -5.27. The van der Waals surface area contributed by atoms with E-state index in [9.17, 15) is 13.5 Å². The predicted molar refractivity (Wildman–Crippen MR) is 108 cm³/mol. The quantitative estimate of drug-likeness (QED) is 0.661. The Labute approximate surface area is 164 Å². The van der Waals surface area contributed by atoms with Crippen LogP contribution in [0.5, 0.6) is 0 Å². The lowest BCUT2D eigenvalue weighted by molar-refractivity contribution is -0.0945. The molecule has 0 spiro atoms.